The summed E-state index contributed by atoms with van der Waals surface area (Å²) in [5.74, 6) is 0. The van der Waals surface area contributed by atoms with Crippen molar-refractivity contribution in [2.45, 2.75) is 11.8 Å². The number of sulfonamides is 1. The molecule has 25 heavy (non-hydrogen) atoms. The van der Waals surface area contributed by atoms with E-state index >= 15 is 0 Å². The second kappa shape index (κ2) is 6.76. The summed E-state index contributed by atoms with van der Waals surface area (Å²) in [4.78, 5) is 5.40. The smallest absolute Gasteiger partial charge is 0.239 e. The van der Waals surface area contributed by atoms with Gasteiger partial charge in [0.1, 0.15) is 4.90 Å². The number of hydrogen-bond acceptors (Lipinski definition) is 4. The van der Waals surface area contributed by atoms with Crippen LogP contribution in [0.5, 0.6) is 0 Å². The lowest BCUT2D eigenvalue weighted by molar-refractivity contribution is 0.598. The number of primary sulfonamides is 1. The Hall–Kier alpha value is -1.93. The number of benzene rings is 2. The van der Waals surface area contributed by atoms with Gasteiger partial charge < -0.3 is 4.57 Å². The quantitative estimate of drug-likeness (QED) is 0.738. The summed E-state index contributed by atoms with van der Waals surface area (Å²) in [7, 11) is -2.00. The van der Waals surface area contributed by atoms with Crippen molar-refractivity contribution < 1.29 is 8.42 Å². The predicted octanol–water partition coefficient (Wildman–Crippen LogP) is 3.60. The third kappa shape index (κ3) is 3.69. The van der Waals surface area contributed by atoms with Crippen LogP contribution in [-0.2, 0) is 17.1 Å². The maximum Gasteiger partial charge on any atom is 0.239 e. The number of thiazole rings is 1. The lowest BCUT2D eigenvalue weighted by atomic mass is 10.2. The standard InChI is InChI=1S/C17H16ClN3O2S2/c1-11-5-3-4-6-14(11)20-17-21(2)15(10-24-17)12-7-8-13(18)16(9-12)25(19,22)23/h3-10H,1-2H3,(H2,19,22,23). The Balaban J connectivity index is 2.13. The molecule has 0 radical (unpaired) electrons. The summed E-state index contributed by atoms with van der Waals surface area (Å²) >= 11 is 7.43. The van der Waals surface area contributed by atoms with Crippen LogP contribution in [0.1, 0.15) is 5.56 Å². The topological polar surface area (TPSA) is 77.4 Å². The fraction of sp³-hybridized carbons (Fsp3) is 0.118. The van der Waals surface area contributed by atoms with Crippen molar-refractivity contribution in [3.8, 4) is 11.3 Å². The molecule has 1 heterocycles. The summed E-state index contributed by atoms with van der Waals surface area (Å²) in [5.41, 5.74) is 3.52. The first-order chi connectivity index (χ1) is 11.8. The highest BCUT2D eigenvalue weighted by molar-refractivity contribution is 7.89. The molecule has 0 aliphatic rings. The zero-order chi connectivity index (χ0) is 18.2. The Labute approximate surface area is 155 Å². The molecule has 0 aliphatic carbocycles. The minimum absolute atomic E-state index is 0.0877. The highest BCUT2D eigenvalue weighted by Crippen LogP contribution is 2.28. The normalized spacial score (nSPS) is 12.6. The fourth-order valence-electron chi connectivity index (χ4n) is 2.41. The SMILES string of the molecule is Cc1ccccc1N=c1scc(-c2ccc(Cl)c(S(N)(=O)=O)c2)n1C. The van der Waals surface area contributed by atoms with Gasteiger partial charge in [-0.25, -0.2) is 18.5 Å². The van der Waals surface area contributed by atoms with Crippen molar-refractivity contribution in [1.29, 1.82) is 0 Å². The Kier molecular flexibility index (Phi) is 4.83. The molecule has 5 nitrogen and oxygen atoms in total. The summed E-state index contributed by atoms with van der Waals surface area (Å²) in [6, 6.07) is 12.6. The molecule has 0 saturated carbocycles. The van der Waals surface area contributed by atoms with E-state index in [9.17, 15) is 8.42 Å². The molecule has 0 aliphatic heterocycles. The summed E-state index contributed by atoms with van der Waals surface area (Å²) in [6.45, 7) is 2.00. The maximum atomic E-state index is 11.7. The fourth-order valence-corrected chi connectivity index (χ4v) is 4.40. The van der Waals surface area contributed by atoms with E-state index in [0.717, 1.165) is 21.7 Å². The third-order valence-corrected chi connectivity index (χ3v) is 6.10. The number of nitrogens with zero attached hydrogens (tertiary/aromatic N) is 2. The average Bonchev–Trinajstić information content (AvgIpc) is 2.90. The van der Waals surface area contributed by atoms with Gasteiger partial charge in [0, 0.05) is 18.0 Å². The van der Waals surface area contributed by atoms with E-state index in [2.05, 4.69) is 4.99 Å². The van der Waals surface area contributed by atoms with Gasteiger partial charge in [0.2, 0.25) is 10.0 Å². The minimum atomic E-state index is -3.89. The summed E-state index contributed by atoms with van der Waals surface area (Å²) in [5, 5.41) is 7.26. The molecule has 0 spiro atoms. The number of aryl methyl sites for hydroxylation is 1. The molecule has 0 saturated heterocycles. The van der Waals surface area contributed by atoms with Gasteiger partial charge in [0.05, 0.1) is 16.4 Å². The van der Waals surface area contributed by atoms with Crippen molar-refractivity contribution in [3.63, 3.8) is 0 Å². The highest BCUT2D eigenvalue weighted by atomic mass is 35.5. The number of hydrogen-bond donors (Lipinski definition) is 1. The van der Waals surface area contributed by atoms with Crippen LogP contribution in [0.25, 0.3) is 11.3 Å². The first-order valence-electron chi connectivity index (χ1n) is 7.35. The van der Waals surface area contributed by atoms with Crippen LogP contribution >= 0.6 is 22.9 Å². The Bertz CT molecular complexity index is 1110. The third-order valence-electron chi connectivity index (χ3n) is 3.79. The second-order valence-corrected chi connectivity index (χ2v) is 8.32. The van der Waals surface area contributed by atoms with E-state index in [0.29, 0.717) is 5.56 Å². The average molecular weight is 394 g/mol. The van der Waals surface area contributed by atoms with E-state index < -0.39 is 10.0 Å². The van der Waals surface area contributed by atoms with Gasteiger partial charge in [-0.2, -0.15) is 0 Å². The molecule has 2 N–H and O–H groups in total. The molecule has 0 amide bonds. The molecule has 1 aromatic heterocycles. The first-order valence-corrected chi connectivity index (χ1v) is 10.2. The van der Waals surface area contributed by atoms with Gasteiger partial charge in [0.15, 0.2) is 4.80 Å². The zero-order valence-corrected chi connectivity index (χ0v) is 16.0. The van der Waals surface area contributed by atoms with Gasteiger partial charge >= 0.3 is 0 Å². The van der Waals surface area contributed by atoms with Gasteiger partial charge in [-0.05, 0) is 30.7 Å². The van der Waals surface area contributed by atoms with Crippen molar-refractivity contribution in [3.05, 3.63) is 63.2 Å². The van der Waals surface area contributed by atoms with E-state index in [1.165, 1.54) is 23.5 Å². The number of rotatable bonds is 3. The molecule has 0 bridgehead atoms. The first kappa shape index (κ1) is 17.9. The Morgan fingerprint density at radius 3 is 2.60 bits per heavy atom. The van der Waals surface area contributed by atoms with E-state index in [1.54, 1.807) is 6.07 Å². The second-order valence-electron chi connectivity index (χ2n) is 5.55. The van der Waals surface area contributed by atoms with Crippen molar-refractivity contribution in [2.24, 2.45) is 17.2 Å². The van der Waals surface area contributed by atoms with Gasteiger partial charge in [-0.1, -0.05) is 35.9 Å². The largest absolute Gasteiger partial charge is 0.320 e. The van der Waals surface area contributed by atoms with Gasteiger partial charge in [0.25, 0.3) is 0 Å². The maximum absolute atomic E-state index is 11.7. The number of aromatic nitrogens is 1. The van der Waals surface area contributed by atoms with Crippen LogP contribution in [-0.4, -0.2) is 13.0 Å². The van der Waals surface area contributed by atoms with E-state index in [-0.39, 0.29) is 9.92 Å². The summed E-state index contributed by atoms with van der Waals surface area (Å²) in [6.07, 6.45) is 0. The van der Waals surface area contributed by atoms with Crippen LogP contribution in [0.4, 0.5) is 5.69 Å². The molecule has 3 rings (SSSR count). The van der Waals surface area contributed by atoms with E-state index in [4.69, 9.17) is 16.7 Å². The van der Waals surface area contributed by atoms with Crippen molar-refractivity contribution in [2.75, 3.05) is 0 Å². The molecule has 0 fully saturated rings. The minimum Gasteiger partial charge on any atom is -0.320 e. The molecule has 0 atom stereocenters. The van der Waals surface area contributed by atoms with Crippen molar-refractivity contribution in [1.82, 2.24) is 4.57 Å². The van der Waals surface area contributed by atoms with Crippen LogP contribution in [0, 0.1) is 6.92 Å². The molecule has 3 aromatic rings. The van der Waals surface area contributed by atoms with Gasteiger partial charge in [-0.15, -0.1) is 11.3 Å². The van der Waals surface area contributed by atoms with Crippen LogP contribution in [0.3, 0.4) is 0 Å². The Morgan fingerprint density at radius 1 is 1.20 bits per heavy atom. The monoisotopic (exact) mass is 393 g/mol. The predicted molar refractivity (Wildman–Crippen MR) is 102 cm³/mol. The zero-order valence-electron chi connectivity index (χ0n) is 13.6. The Morgan fingerprint density at radius 2 is 1.92 bits per heavy atom. The van der Waals surface area contributed by atoms with Crippen LogP contribution in [0.15, 0.2) is 57.7 Å². The molecular weight excluding hydrogens is 378 g/mol. The molecule has 2 aromatic carbocycles. The lowest BCUT2D eigenvalue weighted by Crippen LogP contribution is -2.14. The summed E-state index contributed by atoms with van der Waals surface area (Å²) < 4.78 is 25.3. The number of nitrogens with two attached hydrogens (primary N) is 1. The number of para-hydroxylation sites is 1. The highest BCUT2D eigenvalue weighted by Gasteiger charge is 2.15. The molecular formula is C17H16ClN3O2S2. The van der Waals surface area contributed by atoms with Crippen LogP contribution in [0.2, 0.25) is 5.02 Å². The van der Waals surface area contributed by atoms with Crippen LogP contribution < -0.4 is 9.94 Å². The molecule has 8 heteroatoms. The molecule has 0 unspecified atom stereocenters. The van der Waals surface area contributed by atoms with Crippen molar-refractivity contribution >= 4 is 38.6 Å². The molecule has 130 valence electrons. The van der Waals surface area contributed by atoms with E-state index in [1.807, 2.05) is 48.2 Å². The number of halogens is 1. The lowest BCUT2D eigenvalue weighted by Gasteiger charge is -2.07. The van der Waals surface area contributed by atoms with Gasteiger partial charge in [-0.3, -0.25) is 0 Å².